The van der Waals surface area contributed by atoms with Gasteiger partial charge in [-0.15, -0.1) is 23.4 Å². The molecule has 1 aliphatic heterocycles. The molecule has 1 saturated carbocycles. The van der Waals surface area contributed by atoms with E-state index >= 15 is 0 Å². The first kappa shape index (κ1) is 21.8. The summed E-state index contributed by atoms with van der Waals surface area (Å²) in [7, 11) is 0. The molecular weight excluding hydrogens is 461 g/mol. The van der Waals surface area contributed by atoms with E-state index in [9.17, 15) is 13.2 Å². The summed E-state index contributed by atoms with van der Waals surface area (Å²) in [5, 5.41) is 12.3. The number of anilines is 1. The van der Waals surface area contributed by atoms with Gasteiger partial charge >= 0.3 is 6.36 Å². The molecular formula is C23H23F3N8O. The van der Waals surface area contributed by atoms with Crippen LogP contribution in [0, 0.1) is 0 Å². The van der Waals surface area contributed by atoms with Gasteiger partial charge in [-0.3, -0.25) is 0 Å². The number of aromatic nitrogens is 7. The molecule has 1 N–H and O–H groups in total. The fourth-order valence-electron chi connectivity index (χ4n) is 4.67. The molecule has 1 aliphatic carbocycles. The summed E-state index contributed by atoms with van der Waals surface area (Å²) in [6.07, 6.45) is 0.848. The molecule has 0 radical (unpaired) electrons. The van der Waals surface area contributed by atoms with E-state index in [1.54, 1.807) is 12.1 Å². The minimum absolute atomic E-state index is 0.142. The Morgan fingerprint density at radius 3 is 2.60 bits per heavy atom. The van der Waals surface area contributed by atoms with E-state index in [1.165, 1.54) is 31.3 Å². The second kappa shape index (κ2) is 8.21. The number of ether oxygens (including phenoxy) is 1. The van der Waals surface area contributed by atoms with Crippen LogP contribution in [-0.2, 0) is 19.5 Å². The van der Waals surface area contributed by atoms with E-state index in [2.05, 4.69) is 34.8 Å². The van der Waals surface area contributed by atoms with Gasteiger partial charge < -0.3 is 19.2 Å². The van der Waals surface area contributed by atoms with Gasteiger partial charge in [-0.1, -0.05) is 0 Å². The molecule has 0 amide bonds. The summed E-state index contributed by atoms with van der Waals surface area (Å²) in [6, 6.07) is 5.82. The van der Waals surface area contributed by atoms with E-state index in [4.69, 9.17) is 4.98 Å². The Labute approximate surface area is 198 Å². The van der Waals surface area contributed by atoms with Crippen LogP contribution in [0.4, 0.5) is 19.0 Å². The molecule has 0 spiro atoms. The van der Waals surface area contributed by atoms with Crippen LogP contribution in [0.25, 0.3) is 22.6 Å². The number of hydrogen-bond acceptors (Lipinski definition) is 7. The highest BCUT2D eigenvalue weighted by atomic mass is 19.4. The van der Waals surface area contributed by atoms with Gasteiger partial charge in [-0.25, -0.2) is 15.0 Å². The number of fused-ring (bicyclic) bond motifs is 2. The largest absolute Gasteiger partial charge is 0.573 e. The maximum Gasteiger partial charge on any atom is 0.573 e. The fraction of sp³-hybridized carbons (Fsp3) is 0.435. The lowest BCUT2D eigenvalue weighted by atomic mass is 10.1. The van der Waals surface area contributed by atoms with Gasteiger partial charge in [0.05, 0.1) is 0 Å². The zero-order valence-corrected chi connectivity index (χ0v) is 19.0. The summed E-state index contributed by atoms with van der Waals surface area (Å²) in [4.78, 5) is 13.7. The Balaban J connectivity index is 1.29. The zero-order valence-electron chi connectivity index (χ0n) is 19.0. The van der Waals surface area contributed by atoms with Gasteiger partial charge in [-0.05, 0) is 50.5 Å². The maximum atomic E-state index is 12.5. The normalized spacial score (nSPS) is 18.0. The smallest absolute Gasteiger partial charge is 0.406 e. The highest BCUT2D eigenvalue weighted by Gasteiger charge is 2.33. The van der Waals surface area contributed by atoms with Crippen LogP contribution in [0.5, 0.6) is 5.75 Å². The van der Waals surface area contributed by atoms with Gasteiger partial charge in [0.1, 0.15) is 29.6 Å². The van der Waals surface area contributed by atoms with E-state index in [0.29, 0.717) is 40.8 Å². The van der Waals surface area contributed by atoms with Crippen LogP contribution in [0.15, 0.2) is 30.6 Å². The van der Waals surface area contributed by atoms with Crippen LogP contribution < -0.4 is 10.1 Å². The second-order valence-corrected chi connectivity index (χ2v) is 8.89. The van der Waals surface area contributed by atoms with Crippen molar-refractivity contribution in [1.29, 1.82) is 0 Å². The number of imidazole rings is 1. The summed E-state index contributed by atoms with van der Waals surface area (Å²) >= 11 is 0. The average molecular weight is 484 g/mol. The van der Waals surface area contributed by atoms with Crippen molar-refractivity contribution in [2.45, 2.75) is 64.0 Å². The van der Waals surface area contributed by atoms with Gasteiger partial charge in [0, 0.05) is 37.0 Å². The molecule has 0 bridgehead atoms. The number of halogens is 3. The molecule has 9 nitrogen and oxygen atoms in total. The number of aryl methyl sites for hydroxylation is 2. The zero-order chi connectivity index (χ0) is 24.2. The number of nitrogens with zero attached hydrogens (tertiary/aromatic N) is 7. The number of nitrogens with one attached hydrogen (secondary N) is 1. The molecule has 1 atom stereocenters. The highest BCUT2D eigenvalue weighted by Crippen LogP contribution is 2.40. The van der Waals surface area contributed by atoms with Gasteiger partial charge in [-0.2, -0.15) is 0 Å². The molecule has 12 heteroatoms. The topological polar surface area (TPSA) is 95.6 Å². The third kappa shape index (κ3) is 4.17. The lowest BCUT2D eigenvalue weighted by Crippen LogP contribution is -2.32. The molecule has 182 valence electrons. The minimum atomic E-state index is -4.74. The van der Waals surface area contributed by atoms with E-state index in [1.807, 2.05) is 11.5 Å². The molecule has 0 saturated heterocycles. The molecule has 4 heterocycles. The van der Waals surface area contributed by atoms with Crippen molar-refractivity contribution in [1.82, 2.24) is 34.3 Å². The fourth-order valence-corrected chi connectivity index (χ4v) is 4.67. The average Bonchev–Trinajstić information content (AvgIpc) is 3.47. The van der Waals surface area contributed by atoms with Gasteiger partial charge in [0.15, 0.2) is 17.0 Å². The third-order valence-electron chi connectivity index (χ3n) is 6.45. The molecule has 6 rings (SSSR count). The van der Waals surface area contributed by atoms with Gasteiger partial charge in [0.25, 0.3) is 0 Å². The predicted octanol–water partition coefficient (Wildman–Crippen LogP) is 4.31. The molecule has 4 aromatic rings. The first-order valence-electron chi connectivity index (χ1n) is 11.7. The van der Waals surface area contributed by atoms with Crippen molar-refractivity contribution in [2.24, 2.45) is 0 Å². The van der Waals surface area contributed by atoms with Crippen LogP contribution in [0.2, 0.25) is 0 Å². The van der Waals surface area contributed by atoms with Crippen molar-refractivity contribution in [2.75, 3.05) is 5.32 Å². The first-order chi connectivity index (χ1) is 16.9. The summed E-state index contributed by atoms with van der Waals surface area (Å²) in [5.41, 5.74) is 1.94. The standard InChI is InChI=1S/C23H23F3N8O/c1-2-33-20(13-5-8-16(9-6-13)35-23(24,25)26)30-18-19(27-12-28-22(18)33)29-15-7-10-17-31-32-21(14-3-4-14)34(17)11-15/h5-6,8-9,12,14-15H,2-4,7,10-11H2,1H3,(H,27,28,29). The Morgan fingerprint density at radius 2 is 1.89 bits per heavy atom. The second-order valence-electron chi connectivity index (χ2n) is 8.89. The molecule has 1 aromatic carbocycles. The van der Waals surface area contributed by atoms with Crippen molar-refractivity contribution in [3.63, 3.8) is 0 Å². The van der Waals surface area contributed by atoms with Crippen molar-refractivity contribution >= 4 is 17.0 Å². The van der Waals surface area contributed by atoms with Crippen LogP contribution in [-0.4, -0.2) is 46.7 Å². The predicted molar refractivity (Wildman–Crippen MR) is 121 cm³/mol. The molecule has 2 aliphatic rings. The number of benzene rings is 1. The Bertz CT molecular complexity index is 1370. The Hall–Kier alpha value is -3.70. The lowest BCUT2D eigenvalue weighted by molar-refractivity contribution is -0.274. The molecule has 35 heavy (non-hydrogen) atoms. The monoisotopic (exact) mass is 484 g/mol. The van der Waals surface area contributed by atoms with Crippen molar-refractivity contribution < 1.29 is 17.9 Å². The Morgan fingerprint density at radius 1 is 1.09 bits per heavy atom. The van der Waals surface area contributed by atoms with E-state index < -0.39 is 6.36 Å². The van der Waals surface area contributed by atoms with E-state index in [0.717, 1.165) is 31.0 Å². The molecule has 3 aromatic heterocycles. The number of hydrogen-bond donors (Lipinski definition) is 1. The molecule has 1 fully saturated rings. The third-order valence-corrected chi connectivity index (χ3v) is 6.45. The van der Waals surface area contributed by atoms with Crippen LogP contribution in [0.1, 0.15) is 43.8 Å². The SMILES string of the molecule is CCn1c(-c2ccc(OC(F)(F)F)cc2)nc2c(NC3CCc4nnc(C5CC5)n4C3)ncnc21. The number of alkyl halides is 3. The Kier molecular flexibility index (Phi) is 5.11. The first-order valence-corrected chi connectivity index (χ1v) is 11.7. The van der Waals surface area contributed by atoms with Crippen LogP contribution in [0.3, 0.4) is 0 Å². The minimum Gasteiger partial charge on any atom is -0.406 e. The van der Waals surface area contributed by atoms with Crippen molar-refractivity contribution in [3.8, 4) is 17.1 Å². The molecule has 1 unspecified atom stereocenters. The van der Waals surface area contributed by atoms with Crippen molar-refractivity contribution in [3.05, 3.63) is 42.2 Å². The van der Waals surface area contributed by atoms with Crippen LogP contribution >= 0.6 is 0 Å². The summed E-state index contributed by atoms with van der Waals surface area (Å²) < 4.78 is 45.7. The summed E-state index contributed by atoms with van der Waals surface area (Å²) in [5.74, 6) is 3.60. The number of rotatable bonds is 6. The lowest BCUT2D eigenvalue weighted by Gasteiger charge is -2.25. The maximum absolute atomic E-state index is 12.5. The van der Waals surface area contributed by atoms with E-state index in [-0.39, 0.29) is 11.8 Å². The highest BCUT2D eigenvalue weighted by molar-refractivity contribution is 5.86. The van der Waals surface area contributed by atoms with Gasteiger partial charge in [0.2, 0.25) is 0 Å². The quantitative estimate of drug-likeness (QED) is 0.436. The summed E-state index contributed by atoms with van der Waals surface area (Å²) in [6.45, 7) is 3.32.